The highest BCUT2D eigenvalue weighted by Gasteiger charge is 2.07. The summed E-state index contributed by atoms with van der Waals surface area (Å²) in [5.41, 5.74) is 3.10. The van der Waals surface area contributed by atoms with Crippen LogP contribution in [-0.4, -0.2) is 5.91 Å². The van der Waals surface area contributed by atoms with Gasteiger partial charge in [-0.3, -0.25) is 4.79 Å². The molecule has 4 heteroatoms. The molecule has 23 heavy (non-hydrogen) atoms. The Balaban J connectivity index is 1.78. The van der Waals surface area contributed by atoms with E-state index in [-0.39, 0.29) is 5.91 Å². The van der Waals surface area contributed by atoms with E-state index in [4.69, 9.17) is 0 Å². The molecular formula is C19H16BrNOS. The number of hydrogen-bond acceptors (Lipinski definition) is 2. The highest BCUT2D eigenvalue weighted by molar-refractivity contribution is 9.10. The average molecular weight is 386 g/mol. The summed E-state index contributed by atoms with van der Waals surface area (Å²) in [6.07, 6.45) is 3.43. The number of halogens is 1. The van der Waals surface area contributed by atoms with Crippen LogP contribution in [0.5, 0.6) is 0 Å². The summed E-state index contributed by atoms with van der Waals surface area (Å²) >= 11 is 5.28. The Labute approximate surface area is 148 Å². The minimum Gasteiger partial charge on any atom is -0.322 e. The molecule has 0 aliphatic carbocycles. The van der Waals surface area contributed by atoms with Gasteiger partial charge in [0.25, 0.3) is 0 Å². The second-order valence-electron chi connectivity index (χ2n) is 5.42. The molecule has 1 N–H and O–H groups in total. The number of nitrogens with one attached hydrogen (secondary N) is 1. The van der Waals surface area contributed by atoms with Crippen LogP contribution in [0, 0.1) is 13.8 Å². The number of amides is 1. The molecule has 0 atom stereocenters. The maximum absolute atomic E-state index is 12.1. The van der Waals surface area contributed by atoms with Crippen LogP contribution in [-0.2, 0) is 4.79 Å². The first-order valence-corrected chi connectivity index (χ1v) is 8.89. The van der Waals surface area contributed by atoms with Gasteiger partial charge in [-0.05, 0) is 53.5 Å². The largest absolute Gasteiger partial charge is 0.322 e. The van der Waals surface area contributed by atoms with Gasteiger partial charge in [-0.15, -0.1) is 11.3 Å². The third-order valence-electron chi connectivity index (χ3n) is 3.59. The Bertz CT molecular complexity index is 911. The summed E-state index contributed by atoms with van der Waals surface area (Å²) < 4.78 is 2.24. The van der Waals surface area contributed by atoms with Gasteiger partial charge in [0.1, 0.15) is 0 Å². The van der Waals surface area contributed by atoms with E-state index in [0.717, 1.165) is 20.6 Å². The van der Waals surface area contributed by atoms with Crippen LogP contribution in [0.15, 0.2) is 53.0 Å². The van der Waals surface area contributed by atoms with Gasteiger partial charge in [0, 0.05) is 31.2 Å². The molecule has 0 aliphatic rings. The molecule has 3 rings (SSSR count). The Hall–Kier alpha value is -1.91. The predicted octanol–water partition coefficient (Wildman–Crippen LogP) is 5.93. The van der Waals surface area contributed by atoms with Gasteiger partial charge in [0.05, 0.1) is 0 Å². The lowest BCUT2D eigenvalue weighted by atomic mass is 10.1. The van der Waals surface area contributed by atoms with E-state index in [1.807, 2.05) is 44.2 Å². The zero-order valence-electron chi connectivity index (χ0n) is 12.9. The van der Waals surface area contributed by atoms with Crippen molar-refractivity contribution in [1.82, 2.24) is 0 Å². The molecule has 0 unspecified atom stereocenters. The van der Waals surface area contributed by atoms with Crippen LogP contribution in [0.4, 0.5) is 5.69 Å². The van der Waals surface area contributed by atoms with Crippen molar-refractivity contribution in [3.8, 4) is 0 Å². The van der Waals surface area contributed by atoms with Crippen molar-refractivity contribution < 1.29 is 4.79 Å². The van der Waals surface area contributed by atoms with E-state index >= 15 is 0 Å². The molecule has 2 aromatic carbocycles. The van der Waals surface area contributed by atoms with E-state index in [9.17, 15) is 4.79 Å². The normalized spacial score (nSPS) is 11.3. The molecule has 1 aromatic heterocycles. The molecular weight excluding hydrogens is 370 g/mol. The summed E-state index contributed by atoms with van der Waals surface area (Å²) in [4.78, 5) is 13.2. The van der Waals surface area contributed by atoms with Crippen molar-refractivity contribution in [2.24, 2.45) is 0 Å². The van der Waals surface area contributed by atoms with Gasteiger partial charge in [-0.25, -0.2) is 0 Å². The second-order valence-corrected chi connectivity index (χ2v) is 7.29. The lowest BCUT2D eigenvalue weighted by Crippen LogP contribution is -2.08. The quantitative estimate of drug-likeness (QED) is 0.555. The summed E-state index contributed by atoms with van der Waals surface area (Å²) in [6, 6.07) is 14.2. The standard InChI is InChI=1S/C19H16BrNOS/c1-12-7-8-15(13(2)11-12)21-18(22)10-9-17-19(20)14-5-3-4-6-16(14)23-17/h3-11H,1-2H3,(H,21,22)/b10-9+. The van der Waals surface area contributed by atoms with Crippen LogP contribution < -0.4 is 5.32 Å². The first-order valence-electron chi connectivity index (χ1n) is 7.28. The monoisotopic (exact) mass is 385 g/mol. The van der Waals surface area contributed by atoms with Gasteiger partial charge in [-0.1, -0.05) is 35.9 Å². The molecule has 1 amide bonds. The van der Waals surface area contributed by atoms with Crippen LogP contribution in [0.3, 0.4) is 0 Å². The molecule has 116 valence electrons. The van der Waals surface area contributed by atoms with E-state index in [2.05, 4.69) is 39.4 Å². The van der Waals surface area contributed by atoms with Crippen molar-refractivity contribution in [3.63, 3.8) is 0 Å². The third-order valence-corrected chi connectivity index (χ3v) is 5.84. The first-order chi connectivity index (χ1) is 11.0. The average Bonchev–Trinajstić information content (AvgIpc) is 2.85. The van der Waals surface area contributed by atoms with Gasteiger partial charge in [0.2, 0.25) is 5.91 Å². The maximum atomic E-state index is 12.1. The molecule has 0 saturated heterocycles. The Morgan fingerprint density at radius 3 is 2.70 bits per heavy atom. The number of hydrogen-bond donors (Lipinski definition) is 1. The number of thiophene rings is 1. The molecule has 0 radical (unpaired) electrons. The predicted molar refractivity (Wildman–Crippen MR) is 103 cm³/mol. The molecule has 1 heterocycles. The zero-order valence-corrected chi connectivity index (χ0v) is 15.3. The number of aryl methyl sites for hydroxylation is 2. The van der Waals surface area contributed by atoms with E-state index in [1.165, 1.54) is 15.6 Å². The van der Waals surface area contributed by atoms with Crippen molar-refractivity contribution in [2.75, 3.05) is 5.32 Å². The summed E-state index contributed by atoms with van der Waals surface area (Å²) in [5.74, 6) is -0.124. The lowest BCUT2D eigenvalue weighted by molar-refractivity contribution is -0.111. The fraction of sp³-hybridized carbons (Fsp3) is 0.105. The number of benzene rings is 2. The van der Waals surface area contributed by atoms with Crippen LogP contribution in [0.1, 0.15) is 16.0 Å². The van der Waals surface area contributed by atoms with Gasteiger partial charge in [0.15, 0.2) is 0 Å². The highest BCUT2D eigenvalue weighted by Crippen LogP contribution is 2.36. The van der Waals surface area contributed by atoms with Crippen molar-refractivity contribution in [2.45, 2.75) is 13.8 Å². The molecule has 0 saturated carbocycles. The van der Waals surface area contributed by atoms with Crippen molar-refractivity contribution in [3.05, 3.63) is 69.0 Å². The lowest BCUT2D eigenvalue weighted by Gasteiger charge is -2.06. The van der Waals surface area contributed by atoms with E-state index in [1.54, 1.807) is 17.4 Å². The number of anilines is 1. The Morgan fingerprint density at radius 1 is 1.17 bits per heavy atom. The highest BCUT2D eigenvalue weighted by atomic mass is 79.9. The fourth-order valence-electron chi connectivity index (χ4n) is 2.42. The van der Waals surface area contributed by atoms with Gasteiger partial charge in [-0.2, -0.15) is 0 Å². The number of carbonyl (C=O) groups is 1. The van der Waals surface area contributed by atoms with Crippen molar-refractivity contribution in [1.29, 1.82) is 0 Å². The Morgan fingerprint density at radius 2 is 1.96 bits per heavy atom. The smallest absolute Gasteiger partial charge is 0.248 e. The van der Waals surface area contributed by atoms with E-state index < -0.39 is 0 Å². The number of carbonyl (C=O) groups excluding carboxylic acids is 1. The van der Waals surface area contributed by atoms with E-state index in [0.29, 0.717) is 0 Å². The number of rotatable bonds is 3. The zero-order chi connectivity index (χ0) is 16.4. The molecule has 0 aliphatic heterocycles. The summed E-state index contributed by atoms with van der Waals surface area (Å²) in [6.45, 7) is 4.03. The Kier molecular flexibility index (Phi) is 4.64. The summed E-state index contributed by atoms with van der Waals surface area (Å²) in [5, 5.41) is 4.10. The molecule has 0 spiro atoms. The minimum absolute atomic E-state index is 0.124. The molecule has 0 bridgehead atoms. The van der Waals surface area contributed by atoms with Crippen LogP contribution >= 0.6 is 27.3 Å². The fourth-order valence-corrected chi connectivity index (χ4v) is 4.27. The SMILES string of the molecule is Cc1ccc(NC(=O)/C=C/c2sc3ccccc3c2Br)c(C)c1. The minimum atomic E-state index is -0.124. The summed E-state index contributed by atoms with van der Waals surface area (Å²) in [7, 11) is 0. The molecule has 0 fully saturated rings. The second kappa shape index (κ2) is 6.69. The third kappa shape index (κ3) is 3.54. The van der Waals surface area contributed by atoms with Gasteiger partial charge >= 0.3 is 0 Å². The van der Waals surface area contributed by atoms with Crippen molar-refractivity contribution >= 4 is 55.0 Å². The number of fused-ring (bicyclic) bond motifs is 1. The molecule has 3 aromatic rings. The first kappa shape index (κ1) is 16.0. The maximum Gasteiger partial charge on any atom is 0.248 e. The molecule has 2 nitrogen and oxygen atoms in total. The van der Waals surface area contributed by atoms with Crippen LogP contribution in [0.25, 0.3) is 16.2 Å². The topological polar surface area (TPSA) is 29.1 Å². The van der Waals surface area contributed by atoms with Gasteiger partial charge < -0.3 is 5.32 Å². The van der Waals surface area contributed by atoms with Crippen LogP contribution in [0.2, 0.25) is 0 Å².